The van der Waals surface area contributed by atoms with Crippen LogP contribution in [0.25, 0.3) is 5.57 Å². The van der Waals surface area contributed by atoms with Gasteiger partial charge in [-0.2, -0.15) is 0 Å². The van der Waals surface area contributed by atoms with E-state index in [4.69, 9.17) is 22.1 Å². The minimum absolute atomic E-state index is 0.0466. The molecule has 0 amide bonds. The summed E-state index contributed by atoms with van der Waals surface area (Å²) in [6, 6.07) is 0. The number of nitrogens with two attached hydrogens (primary N) is 1. The maximum Gasteiger partial charge on any atom is 0.341 e. The molecule has 0 bridgehead atoms. The van der Waals surface area contributed by atoms with Crippen molar-refractivity contribution in [1.29, 1.82) is 0 Å². The molecule has 1 aromatic heterocycles. The number of nitrogens with zero attached hydrogens (tertiary/aromatic N) is 1. The van der Waals surface area contributed by atoms with E-state index in [1.807, 2.05) is 0 Å². The third-order valence-electron chi connectivity index (χ3n) is 1.63. The number of anilines is 1. The van der Waals surface area contributed by atoms with Crippen molar-refractivity contribution in [3.8, 4) is 0 Å². The van der Waals surface area contributed by atoms with Crippen LogP contribution in [0.15, 0.2) is 5.54 Å². The standard InChI is InChI=1S/C9H9ClN2O3S/c1-2-15-9(14)5(3-10)7-8(11)16-6(4-13)12-7/h3-4H,2,11H2,1H3. The molecule has 7 heteroatoms. The molecular weight excluding hydrogens is 252 g/mol. The van der Waals surface area contributed by atoms with Gasteiger partial charge < -0.3 is 10.5 Å². The summed E-state index contributed by atoms with van der Waals surface area (Å²) in [5, 5.41) is 0.440. The van der Waals surface area contributed by atoms with Crippen molar-refractivity contribution >= 4 is 45.8 Å². The van der Waals surface area contributed by atoms with Crippen LogP contribution in [0.5, 0.6) is 0 Å². The number of halogens is 1. The number of carbonyl (C=O) groups excluding carboxylic acids is 2. The van der Waals surface area contributed by atoms with Gasteiger partial charge in [-0.15, -0.1) is 0 Å². The Morgan fingerprint density at radius 2 is 2.38 bits per heavy atom. The number of ether oxygens (including phenoxy) is 1. The molecule has 86 valence electrons. The van der Waals surface area contributed by atoms with E-state index in [-0.39, 0.29) is 27.9 Å². The van der Waals surface area contributed by atoms with Gasteiger partial charge in [0, 0.05) is 5.54 Å². The molecule has 0 fully saturated rings. The molecule has 0 unspecified atom stereocenters. The molecule has 0 saturated heterocycles. The van der Waals surface area contributed by atoms with Gasteiger partial charge in [0.25, 0.3) is 0 Å². The van der Waals surface area contributed by atoms with Crippen LogP contribution in [0.1, 0.15) is 22.4 Å². The van der Waals surface area contributed by atoms with Crippen molar-refractivity contribution in [3.63, 3.8) is 0 Å². The van der Waals surface area contributed by atoms with Gasteiger partial charge in [-0.25, -0.2) is 9.78 Å². The Labute approximate surface area is 101 Å². The Hall–Kier alpha value is -1.40. The molecular formula is C9H9ClN2O3S. The zero-order chi connectivity index (χ0) is 12.1. The second kappa shape index (κ2) is 5.62. The summed E-state index contributed by atoms with van der Waals surface area (Å²) in [5.41, 5.74) is 6.88. The molecule has 0 aliphatic heterocycles. The minimum atomic E-state index is -0.619. The first-order valence-corrected chi connectivity index (χ1v) is 5.58. The predicted octanol–water partition coefficient (Wildman–Crippen LogP) is 1.68. The molecule has 0 spiro atoms. The highest BCUT2D eigenvalue weighted by molar-refractivity contribution is 7.17. The zero-order valence-electron chi connectivity index (χ0n) is 8.40. The first-order valence-electron chi connectivity index (χ1n) is 4.33. The second-order valence-corrected chi connectivity index (χ2v) is 3.91. The zero-order valence-corrected chi connectivity index (χ0v) is 9.97. The van der Waals surface area contributed by atoms with E-state index in [1.165, 1.54) is 0 Å². The topological polar surface area (TPSA) is 82.3 Å². The van der Waals surface area contributed by atoms with Gasteiger partial charge in [0.2, 0.25) is 0 Å². The second-order valence-electron chi connectivity index (χ2n) is 2.63. The van der Waals surface area contributed by atoms with Crippen LogP contribution in [0.2, 0.25) is 0 Å². The first kappa shape index (κ1) is 12.7. The molecule has 1 aromatic rings. The quantitative estimate of drug-likeness (QED) is 0.506. The third kappa shape index (κ3) is 2.59. The predicted molar refractivity (Wildman–Crippen MR) is 62.4 cm³/mol. The minimum Gasteiger partial charge on any atom is -0.462 e. The lowest BCUT2D eigenvalue weighted by Crippen LogP contribution is -2.08. The largest absolute Gasteiger partial charge is 0.462 e. The molecule has 5 nitrogen and oxygen atoms in total. The number of rotatable bonds is 4. The third-order valence-corrected chi connectivity index (χ3v) is 2.66. The van der Waals surface area contributed by atoms with Crippen molar-refractivity contribution in [1.82, 2.24) is 4.98 Å². The SMILES string of the molecule is CCOC(=O)C(=CCl)c1nc(C=O)sc1N. The van der Waals surface area contributed by atoms with Gasteiger partial charge in [0.05, 0.1) is 12.2 Å². The average Bonchev–Trinajstić information content (AvgIpc) is 2.62. The number of aldehydes is 1. The number of carbonyl (C=O) groups is 2. The molecule has 0 aliphatic carbocycles. The lowest BCUT2D eigenvalue weighted by atomic mass is 10.2. The van der Waals surface area contributed by atoms with Crippen LogP contribution in [0.4, 0.5) is 5.00 Å². The Bertz CT molecular complexity index is 442. The molecule has 0 saturated carbocycles. The Kier molecular flexibility index (Phi) is 4.45. The van der Waals surface area contributed by atoms with E-state index < -0.39 is 5.97 Å². The molecule has 2 N–H and O–H groups in total. The molecule has 0 aromatic carbocycles. The van der Waals surface area contributed by atoms with E-state index >= 15 is 0 Å². The Morgan fingerprint density at radius 1 is 1.69 bits per heavy atom. The normalized spacial score (nSPS) is 11.2. The Morgan fingerprint density at radius 3 is 2.81 bits per heavy atom. The fourth-order valence-electron chi connectivity index (χ4n) is 0.994. The number of hydrogen-bond acceptors (Lipinski definition) is 6. The van der Waals surface area contributed by atoms with Gasteiger partial charge in [0.1, 0.15) is 10.7 Å². The van der Waals surface area contributed by atoms with Crippen molar-refractivity contribution in [3.05, 3.63) is 16.2 Å². The molecule has 0 aliphatic rings. The number of aromatic nitrogens is 1. The van der Waals surface area contributed by atoms with Crippen LogP contribution in [-0.2, 0) is 9.53 Å². The lowest BCUT2D eigenvalue weighted by molar-refractivity contribution is -0.136. The number of esters is 1. The highest BCUT2D eigenvalue weighted by Crippen LogP contribution is 2.27. The molecule has 1 heterocycles. The van der Waals surface area contributed by atoms with E-state index in [0.717, 1.165) is 16.9 Å². The fourth-order valence-corrected chi connectivity index (χ4v) is 1.85. The summed E-state index contributed by atoms with van der Waals surface area (Å²) in [6.45, 7) is 1.89. The van der Waals surface area contributed by atoms with Gasteiger partial charge >= 0.3 is 5.97 Å². The molecule has 16 heavy (non-hydrogen) atoms. The van der Waals surface area contributed by atoms with Gasteiger partial charge in [-0.1, -0.05) is 22.9 Å². The van der Waals surface area contributed by atoms with Crippen LogP contribution in [0, 0.1) is 0 Å². The fraction of sp³-hybridized carbons (Fsp3) is 0.222. The lowest BCUT2D eigenvalue weighted by Gasteiger charge is -2.03. The highest BCUT2D eigenvalue weighted by Gasteiger charge is 2.19. The van der Waals surface area contributed by atoms with Crippen LogP contribution >= 0.6 is 22.9 Å². The van der Waals surface area contributed by atoms with Gasteiger partial charge in [0.15, 0.2) is 11.3 Å². The van der Waals surface area contributed by atoms with Crippen molar-refractivity contribution in [2.75, 3.05) is 12.3 Å². The van der Waals surface area contributed by atoms with Gasteiger partial charge in [-0.05, 0) is 6.92 Å². The Balaban J connectivity index is 3.09. The van der Waals surface area contributed by atoms with Crippen LogP contribution in [-0.4, -0.2) is 23.8 Å². The highest BCUT2D eigenvalue weighted by atomic mass is 35.5. The molecule has 0 radical (unpaired) electrons. The van der Waals surface area contributed by atoms with E-state index in [0.29, 0.717) is 6.29 Å². The molecule has 0 atom stereocenters. The monoisotopic (exact) mass is 260 g/mol. The van der Waals surface area contributed by atoms with Crippen LogP contribution in [0.3, 0.4) is 0 Å². The number of hydrogen-bond donors (Lipinski definition) is 1. The smallest absolute Gasteiger partial charge is 0.341 e. The van der Waals surface area contributed by atoms with Crippen LogP contribution < -0.4 is 5.73 Å². The summed E-state index contributed by atoms with van der Waals surface area (Å²) in [5.74, 6) is -0.619. The van der Waals surface area contributed by atoms with Crippen molar-refractivity contribution in [2.24, 2.45) is 0 Å². The average molecular weight is 261 g/mol. The number of nitrogen functional groups attached to an aromatic ring is 1. The summed E-state index contributed by atoms with van der Waals surface area (Å²) < 4.78 is 4.78. The maximum atomic E-state index is 11.5. The summed E-state index contributed by atoms with van der Waals surface area (Å²) in [7, 11) is 0. The molecule has 1 rings (SSSR count). The summed E-state index contributed by atoms with van der Waals surface area (Å²) in [4.78, 5) is 25.8. The first-order chi connectivity index (χ1) is 7.63. The summed E-state index contributed by atoms with van der Waals surface area (Å²) in [6.07, 6.45) is 0.557. The maximum absolute atomic E-state index is 11.5. The summed E-state index contributed by atoms with van der Waals surface area (Å²) >= 11 is 6.50. The van der Waals surface area contributed by atoms with E-state index in [2.05, 4.69) is 4.98 Å². The van der Waals surface area contributed by atoms with Crippen molar-refractivity contribution < 1.29 is 14.3 Å². The van der Waals surface area contributed by atoms with Crippen molar-refractivity contribution in [2.45, 2.75) is 6.92 Å². The van der Waals surface area contributed by atoms with Gasteiger partial charge in [-0.3, -0.25) is 4.79 Å². The van der Waals surface area contributed by atoms with E-state index in [9.17, 15) is 9.59 Å². The van der Waals surface area contributed by atoms with E-state index in [1.54, 1.807) is 6.92 Å². The number of thiazole rings is 1.